The van der Waals surface area contributed by atoms with Crippen LogP contribution in [0.4, 0.5) is 11.5 Å². The molecule has 1 heterocycles. The Labute approximate surface area is 158 Å². The Bertz CT molecular complexity index is 974. The summed E-state index contributed by atoms with van der Waals surface area (Å²) in [7, 11) is -0.183. The zero-order valence-corrected chi connectivity index (χ0v) is 15.8. The van der Waals surface area contributed by atoms with E-state index in [0.29, 0.717) is 34.0 Å². The Morgan fingerprint density at radius 2 is 1.85 bits per heavy atom. The molecule has 140 valence electrons. The normalized spacial score (nSPS) is 12.1. The fourth-order valence-corrected chi connectivity index (χ4v) is 3.16. The SMILES string of the molecule is COc1cc2nc(C)nc(N[C@H](C)c3cc(C)cc(N)c3)c2cc1B(O)O. The van der Waals surface area contributed by atoms with E-state index in [1.54, 1.807) is 19.1 Å². The summed E-state index contributed by atoms with van der Waals surface area (Å²) in [6.45, 7) is 5.82. The third-order valence-corrected chi connectivity index (χ3v) is 4.41. The fourth-order valence-electron chi connectivity index (χ4n) is 3.16. The maximum absolute atomic E-state index is 9.66. The van der Waals surface area contributed by atoms with Gasteiger partial charge in [-0.25, -0.2) is 9.97 Å². The van der Waals surface area contributed by atoms with Crippen LogP contribution in [0.15, 0.2) is 30.3 Å². The van der Waals surface area contributed by atoms with Crippen molar-refractivity contribution in [2.24, 2.45) is 0 Å². The summed E-state index contributed by atoms with van der Waals surface area (Å²) in [6, 6.07) is 9.16. The van der Waals surface area contributed by atoms with E-state index in [1.807, 2.05) is 26.0 Å². The molecular formula is C19H23BN4O3. The first-order valence-electron chi connectivity index (χ1n) is 8.64. The molecular weight excluding hydrogens is 343 g/mol. The van der Waals surface area contributed by atoms with E-state index in [2.05, 4.69) is 21.4 Å². The van der Waals surface area contributed by atoms with Crippen LogP contribution in [0, 0.1) is 13.8 Å². The molecule has 0 unspecified atom stereocenters. The Hall–Kier alpha value is -2.84. The minimum absolute atomic E-state index is 0.0608. The molecule has 3 rings (SSSR count). The molecule has 7 nitrogen and oxygen atoms in total. The van der Waals surface area contributed by atoms with Gasteiger partial charge in [-0.15, -0.1) is 0 Å². The van der Waals surface area contributed by atoms with Crippen LogP contribution in [0.2, 0.25) is 0 Å². The van der Waals surface area contributed by atoms with Gasteiger partial charge < -0.3 is 25.8 Å². The van der Waals surface area contributed by atoms with E-state index >= 15 is 0 Å². The third kappa shape index (κ3) is 3.96. The summed E-state index contributed by atoms with van der Waals surface area (Å²) < 4.78 is 5.26. The number of nitrogens with zero attached hydrogens (tertiary/aromatic N) is 2. The van der Waals surface area contributed by atoms with Gasteiger partial charge in [-0.2, -0.15) is 0 Å². The van der Waals surface area contributed by atoms with Crippen LogP contribution in [0.5, 0.6) is 5.75 Å². The molecule has 0 radical (unpaired) electrons. The van der Waals surface area contributed by atoms with Crippen molar-refractivity contribution < 1.29 is 14.8 Å². The smallest absolute Gasteiger partial charge is 0.492 e. The van der Waals surface area contributed by atoms with Gasteiger partial charge in [0, 0.05) is 22.6 Å². The average molecular weight is 366 g/mol. The second-order valence-electron chi connectivity index (χ2n) is 6.65. The number of nitrogens with one attached hydrogen (secondary N) is 1. The molecule has 3 aromatic rings. The third-order valence-electron chi connectivity index (χ3n) is 4.41. The van der Waals surface area contributed by atoms with Gasteiger partial charge in [0.25, 0.3) is 0 Å². The summed E-state index contributed by atoms with van der Waals surface area (Å²) in [4.78, 5) is 8.95. The van der Waals surface area contributed by atoms with E-state index < -0.39 is 7.12 Å². The maximum atomic E-state index is 9.66. The summed E-state index contributed by atoms with van der Waals surface area (Å²) in [5.41, 5.74) is 9.70. The van der Waals surface area contributed by atoms with Gasteiger partial charge >= 0.3 is 7.12 Å². The molecule has 1 aromatic heterocycles. The second-order valence-corrected chi connectivity index (χ2v) is 6.65. The molecule has 0 amide bonds. The number of aromatic nitrogens is 2. The van der Waals surface area contributed by atoms with Gasteiger partial charge in [0.05, 0.1) is 18.7 Å². The van der Waals surface area contributed by atoms with Crippen LogP contribution in [0.25, 0.3) is 10.9 Å². The van der Waals surface area contributed by atoms with Gasteiger partial charge in [-0.3, -0.25) is 0 Å². The van der Waals surface area contributed by atoms with Crippen molar-refractivity contribution in [2.75, 3.05) is 18.2 Å². The molecule has 27 heavy (non-hydrogen) atoms. The molecule has 0 spiro atoms. The van der Waals surface area contributed by atoms with Crippen LogP contribution >= 0.6 is 0 Å². The highest BCUT2D eigenvalue weighted by molar-refractivity contribution is 6.60. The lowest BCUT2D eigenvalue weighted by Crippen LogP contribution is -2.31. The molecule has 8 heteroatoms. The van der Waals surface area contributed by atoms with Gasteiger partial charge in [-0.1, -0.05) is 6.07 Å². The molecule has 0 aliphatic heterocycles. The molecule has 0 bridgehead atoms. The number of fused-ring (bicyclic) bond motifs is 1. The number of ether oxygens (including phenoxy) is 1. The van der Waals surface area contributed by atoms with E-state index in [0.717, 1.165) is 11.1 Å². The Kier molecular flexibility index (Phi) is 5.20. The summed E-state index contributed by atoms with van der Waals surface area (Å²) in [5.74, 6) is 1.57. The molecule has 0 aliphatic rings. The van der Waals surface area contributed by atoms with Crippen molar-refractivity contribution in [1.29, 1.82) is 0 Å². The highest BCUT2D eigenvalue weighted by Gasteiger charge is 2.20. The number of rotatable bonds is 5. The Morgan fingerprint density at radius 3 is 2.48 bits per heavy atom. The predicted octanol–water partition coefficient (Wildman–Crippen LogP) is 1.69. The highest BCUT2D eigenvalue weighted by Crippen LogP contribution is 2.28. The zero-order valence-electron chi connectivity index (χ0n) is 15.8. The number of anilines is 2. The average Bonchev–Trinajstić information content (AvgIpc) is 2.59. The summed E-state index contributed by atoms with van der Waals surface area (Å²) in [6.07, 6.45) is 0. The number of hydrogen-bond acceptors (Lipinski definition) is 7. The Morgan fingerprint density at radius 1 is 1.11 bits per heavy atom. The van der Waals surface area contributed by atoms with E-state index in [1.165, 1.54) is 7.11 Å². The highest BCUT2D eigenvalue weighted by atomic mass is 16.5. The lowest BCUT2D eigenvalue weighted by Gasteiger charge is -2.19. The van der Waals surface area contributed by atoms with Crippen LogP contribution < -0.4 is 21.3 Å². The van der Waals surface area contributed by atoms with Crippen LogP contribution in [-0.4, -0.2) is 34.2 Å². The van der Waals surface area contributed by atoms with Crippen LogP contribution in [0.3, 0.4) is 0 Å². The molecule has 2 aromatic carbocycles. The monoisotopic (exact) mass is 366 g/mol. The quantitative estimate of drug-likeness (QED) is 0.401. The van der Waals surface area contributed by atoms with Crippen molar-refractivity contribution in [3.8, 4) is 5.75 Å². The largest absolute Gasteiger partial charge is 0.497 e. The number of methoxy groups -OCH3 is 1. The number of aryl methyl sites for hydroxylation is 2. The van der Waals surface area contributed by atoms with E-state index in [4.69, 9.17) is 10.5 Å². The van der Waals surface area contributed by atoms with E-state index in [9.17, 15) is 10.0 Å². The molecule has 0 saturated heterocycles. The molecule has 0 saturated carbocycles. The van der Waals surface area contributed by atoms with Gasteiger partial charge in [0.2, 0.25) is 0 Å². The van der Waals surface area contributed by atoms with Crippen molar-refractivity contribution in [2.45, 2.75) is 26.8 Å². The van der Waals surface area contributed by atoms with Gasteiger partial charge in [-0.05, 0) is 50.1 Å². The summed E-state index contributed by atoms with van der Waals surface area (Å²) >= 11 is 0. The topological polar surface area (TPSA) is 114 Å². The lowest BCUT2D eigenvalue weighted by molar-refractivity contribution is 0.403. The lowest BCUT2D eigenvalue weighted by atomic mass is 9.79. The zero-order chi connectivity index (χ0) is 19.7. The van der Waals surface area contributed by atoms with Crippen LogP contribution in [-0.2, 0) is 0 Å². The second kappa shape index (κ2) is 7.42. The summed E-state index contributed by atoms with van der Waals surface area (Å²) in [5, 5.41) is 23.4. The molecule has 5 N–H and O–H groups in total. The van der Waals surface area contributed by atoms with Crippen molar-refractivity contribution in [3.05, 3.63) is 47.3 Å². The van der Waals surface area contributed by atoms with Crippen molar-refractivity contribution in [1.82, 2.24) is 9.97 Å². The number of benzene rings is 2. The first-order chi connectivity index (χ1) is 12.8. The molecule has 1 atom stereocenters. The first kappa shape index (κ1) is 18.9. The minimum atomic E-state index is -1.66. The van der Waals surface area contributed by atoms with Gasteiger partial charge in [0.1, 0.15) is 17.4 Å². The Balaban J connectivity index is 2.08. The van der Waals surface area contributed by atoms with Gasteiger partial charge in [0.15, 0.2) is 0 Å². The van der Waals surface area contributed by atoms with Crippen molar-refractivity contribution >= 4 is 35.0 Å². The minimum Gasteiger partial charge on any atom is -0.497 e. The molecule has 0 fully saturated rings. The number of nitrogen functional groups attached to an aromatic ring is 1. The standard InChI is InChI=1S/C19H23BN4O3/c1-10-5-13(7-14(21)6-10)11(2)22-19-15-8-16(20(25)26)18(27-4)9-17(15)23-12(3)24-19/h5-9,11,25-26H,21H2,1-4H3,(H,22,23,24)/t11-/m1/s1. The van der Waals surface area contributed by atoms with Crippen molar-refractivity contribution in [3.63, 3.8) is 0 Å². The first-order valence-corrected chi connectivity index (χ1v) is 8.64. The number of nitrogens with two attached hydrogens (primary N) is 1. The molecule has 0 aliphatic carbocycles. The maximum Gasteiger partial charge on any atom is 0.492 e. The van der Waals surface area contributed by atoms with Crippen LogP contribution in [0.1, 0.15) is 29.9 Å². The predicted molar refractivity (Wildman–Crippen MR) is 108 cm³/mol. The fraction of sp³-hybridized carbons (Fsp3) is 0.263. The van der Waals surface area contributed by atoms with E-state index in [-0.39, 0.29) is 11.5 Å². The number of hydrogen-bond donors (Lipinski definition) is 4.